The standard InChI is InChI=1S/C15H21NO2S/c1-15(6-8-18-9-7-15)11-16-14(17)10-12-2-4-13(19)5-3-12/h2-5,19H,6-11H2,1H3,(H,16,17). The number of thiol groups is 1. The zero-order valence-electron chi connectivity index (χ0n) is 11.3. The van der Waals surface area contributed by atoms with E-state index in [1.165, 1.54) is 0 Å². The summed E-state index contributed by atoms with van der Waals surface area (Å²) < 4.78 is 5.36. The Balaban J connectivity index is 1.79. The van der Waals surface area contributed by atoms with E-state index in [2.05, 4.69) is 24.9 Å². The predicted molar refractivity (Wildman–Crippen MR) is 78.6 cm³/mol. The molecule has 1 aliphatic heterocycles. The van der Waals surface area contributed by atoms with Crippen LogP contribution in [-0.4, -0.2) is 25.7 Å². The van der Waals surface area contributed by atoms with E-state index >= 15 is 0 Å². The van der Waals surface area contributed by atoms with Crippen molar-refractivity contribution in [1.82, 2.24) is 5.32 Å². The molecule has 4 heteroatoms. The summed E-state index contributed by atoms with van der Waals surface area (Å²) in [6.07, 6.45) is 2.46. The summed E-state index contributed by atoms with van der Waals surface area (Å²) in [6, 6.07) is 7.70. The van der Waals surface area contributed by atoms with Crippen LogP contribution in [0.25, 0.3) is 0 Å². The molecule has 1 aromatic carbocycles. The lowest BCUT2D eigenvalue weighted by molar-refractivity contribution is -0.121. The molecule has 3 nitrogen and oxygen atoms in total. The minimum atomic E-state index is 0.0830. The first-order valence-electron chi connectivity index (χ1n) is 6.70. The van der Waals surface area contributed by atoms with Gasteiger partial charge in [-0.1, -0.05) is 19.1 Å². The van der Waals surface area contributed by atoms with Gasteiger partial charge in [0.05, 0.1) is 6.42 Å². The lowest BCUT2D eigenvalue weighted by Crippen LogP contribution is -2.39. The Kier molecular flexibility index (Phi) is 4.88. The molecule has 0 aliphatic carbocycles. The maximum absolute atomic E-state index is 11.9. The van der Waals surface area contributed by atoms with Crippen LogP contribution in [-0.2, 0) is 16.0 Å². The normalized spacial score (nSPS) is 18.0. The van der Waals surface area contributed by atoms with Gasteiger partial charge in [-0.2, -0.15) is 0 Å². The van der Waals surface area contributed by atoms with Gasteiger partial charge in [-0.25, -0.2) is 0 Å². The zero-order chi connectivity index (χ0) is 13.7. The van der Waals surface area contributed by atoms with Crippen molar-refractivity contribution in [2.75, 3.05) is 19.8 Å². The topological polar surface area (TPSA) is 38.3 Å². The third kappa shape index (κ3) is 4.55. The Morgan fingerprint density at radius 3 is 2.58 bits per heavy atom. The van der Waals surface area contributed by atoms with Gasteiger partial charge in [0.25, 0.3) is 0 Å². The van der Waals surface area contributed by atoms with Crippen LogP contribution in [0.3, 0.4) is 0 Å². The molecule has 0 bridgehead atoms. The lowest BCUT2D eigenvalue weighted by atomic mass is 9.82. The van der Waals surface area contributed by atoms with Crippen LogP contribution < -0.4 is 5.32 Å². The van der Waals surface area contributed by atoms with E-state index in [9.17, 15) is 4.79 Å². The summed E-state index contributed by atoms with van der Waals surface area (Å²) in [5, 5.41) is 3.04. The fraction of sp³-hybridized carbons (Fsp3) is 0.533. The largest absolute Gasteiger partial charge is 0.381 e. The van der Waals surface area contributed by atoms with Crippen LogP contribution >= 0.6 is 12.6 Å². The van der Waals surface area contributed by atoms with Crippen LogP contribution in [0.2, 0.25) is 0 Å². The van der Waals surface area contributed by atoms with Crippen LogP contribution in [0.5, 0.6) is 0 Å². The molecule has 104 valence electrons. The highest BCUT2D eigenvalue weighted by Gasteiger charge is 2.27. The van der Waals surface area contributed by atoms with Crippen LogP contribution in [0.4, 0.5) is 0 Å². The molecular formula is C15H21NO2S. The first kappa shape index (κ1) is 14.4. The van der Waals surface area contributed by atoms with Gasteiger partial charge in [-0.15, -0.1) is 12.6 Å². The summed E-state index contributed by atoms with van der Waals surface area (Å²) in [6.45, 7) is 4.55. The molecule has 19 heavy (non-hydrogen) atoms. The first-order valence-corrected chi connectivity index (χ1v) is 7.14. The van der Waals surface area contributed by atoms with Gasteiger partial charge in [0.15, 0.2) is 0 Å². The van der Waals surface area contributed by atoms with Crippen molar-refractivity contribution in [2.45, 2.75) is 31.1 Å². The third-order valence-corrected chi connectivity index (χ3v) is 4.01. The molecule has 0 unspecified atom stereocenters. The SMILES string of the molecule is CC1(CNC(=O)Cc2ccc(S)cc2)CCOCC1. The van der Waals surface area contributed by atoms with Gasteiger partial charge in [0.1, 0.15) is 0 Å². The Hall–Kier alpha value is -1.00. The number of rotatable bonds is 4. The molecule has 0 aromatic heterocycles. The Bertz CT molecular complexity index is 424. The molecule has 1 heterocycles. The Labute approximate surface area is 120 Å². The quantitative estimate of drug-likeness (QED) is 0.831. The van der Waals surface area contributed by atoms with Crippen molar-refractivity contribution in [3.63, 3.8) is 0 Å². The molecule has 1 aliphatic rings. The summed E-state index contributed by atoms with van der Waals surface area (Å²) in [4.78, 5) is 12.8. The Morgan fingerprint density at radius 2 is 1.95 bits per heavy atom. The van der Waals surface area contributed by atoms with E-state index in [4.69, 9.17) is 4.74 Å². The summed E-state index contributed by atoms with van der Waals surface area (Å²) in [5.41, 5.74) is 1.20. The molecule has 0 saturated carbocycles. The molecule has 1 amide bonds. The molecule has 0 spiro atoms. The van der Waals surface area contributed by atoms with E-state index in [1.54, 1.807) is 0 Å². The van der Waals surface area contributed by atoms with Crippen LogP contribution in [0.1, 0.15) is 25.3 Å². The molecule has 1 N–H and O–H groups in total. The number of hydrogen-bond donors (Lipinski definition) is 2. The number of nitrogens with one attached hydrogen (secondary N) is 1. The second kappa shape index (κ2) is 6.44. The fourth-order valence-electron chi connectivity index (χ4n) is 2.21. The van der Waals surface area contributed by atoms with Gasteiger partial charge in [-0.3, -0.25) is 4.79 Å². The van der Waals surface area contributed by atoms with Crippen molar-refractivity contribution >= 4 is 18.5 Å². The maximum atomic E-state index is 11.9. The highest BCUT2D eigenvalue weighted by Crippen LogP contribution is 2.28. The third-order valence-electron chi connectivity index (χ3n) is 3.71. The highest BCUT2D eigenvalue weighted by molar-refractivity contribution is 7.80. The average Bonchev–Trinajstić information content (AvgIpc) is 2.40. The van der Waals surface area contributed by atoms with Gasteiger partial charge in [-0.05, 0) is 36.0 Å². The van der Waals surface area contributed by atoms with Crippen molar-refractivity contribution in [1.29, 1.82) is 0 Å². The molecule has 1 aromatic rings. The summed E-state index contributed by atoms with van der Waals surface area (Å²) in [5.74, 6) is 0.0830. The van der Waals surface area contributed by atoms with Gasteiger partial charge in [0, 0.05) is 24.7 Å². The van der Waals surface area contributed by atoms with Gasteiger partial charge >= 0.3 is 0 Å². The summed E-state index contributed by atoms with van der Waals surface area (Å²) in [7, 11) is 0. The van der Waals surface area contributed by atoms with E-state index in [-0.39, 0.29) is 11.3 Å². The van der Waals surface area contributed by atoms with E-state index in [0.717, 1.165) is 43.1 Å². The minimum absolute atomic E-state index is 0.0830. The monoisotopic (exact) mass is 279 g/mol. The fourth-order valence-corrected chi connectivity index (χ4v) is 2.36. The second-order valence-electron chi connectivity index (χ2n) is 5.54. The Morgan fingerprint density at radius 1 is 1.32 bits per heavy atom. The van der Waals surface area contributed by atoms with E-state index in [0.29, 0.717) is 6.42 Å². The van der Waals surface area contributed by atoms with Crippen molar-refractivity contribution in [3.05, 3.63) is 29.8 Å². The van der Waals surface area contributed by atoms with Gasteiger partial charge < -0.3 is 10.1 Å². The number of carbonyl (C=O) groups is 1. The molecule has 0 atom stereocenters. The highest BCUT2D eigenvalue weighted by atomic mass is 32.1. The number of amides is 1. The first-order chi connectivity index (χ1) is 9.07. The molecule has 1 fully saturated rings. The molecular weight excluding hydrogens is 258 g/mol. The summed E-state index contributed by atoms with van der Waals surface area (Å²) >= 11 is 4.23. The van der Waals surface area contributed by atoms with Gasteiger partial charge in [0.2, 0.25) is 5.91 Å². The van der Waals surface area contributed by atoms with Crippen LogP contribution in [0.15, 0.2) is 29.2 Å². The van der Waals surface area contributed by atoms with Crippen LogP contribution in [0, 0.1) is 5.41 Å². The van der Waals surface area contributed by atoms with E-state index in [1.807, 2.05) is 24.3 Å². The molecule has 0 radical (unpaired) electrons. The van der Waals surface area contributed by atoms with Crippen molar-refractivity contribution in [3.8, 4) is 0 Å². The average molecular weight is 279 g/mol. The minimum Gasteiger partial charge on any atom is -0.381 e. The second-order valence-corrected chi connectivity index (χ2v) is 6.06. The number of benzene rings is 1. The predicted octanol–water partition coefficient (Wildman–Crippen LogP) is 2.45. The zero-order valence-corrected chi connectivity index (χ0v) is 12.2. The number of carbonyl (C=O) groups excluding carboxylic acids is 1. The van der Waals surface area contributed by atoms with Crippen molar-refractivity contribution in [2.24, 2.45) is 5.41 Å². The molecule has 2 rings (SSSR count). The molecule has 1 saturated heterocycles. The van der Waals surface area contributed by atoms with E-state index < -0.39 is 0 Å². The lowest BCUT2D eigenvalue weighted by Gasteiger charge is -2.33. The number of hydrogen-bond acceptors (Lipinski definition) is 3. The van der Waals surface area contributed by atoms with Crippen molar-refractivity contribution < 1.29 is 9.53 Å². The maximum Gasteiger partial charge on any atom is 0.224 e. The smallest absolute Gasteiger partial charge is 0.224 e. The number of ether oxygens (including phenoxy) is 1.